The number of rotatable bonds is 9. The third-order valence-corrected chi connectivity index (χ3v) is 14.7. The first-order chi connectivity index (χ1) is 9.35. The predicted octanol–water partition coefficient (Wildman–Crippen LogP) is 4.62. The molecule has 1 aliphatic carbocycles. The molecule has 0 atom stereocenters. The Kier molecular flexibility index (Phi) is 6.87. The van der Waals surface area contributed by atoms with Crippen molar-refractivity contribution in [3.8, 4) is 0 Å². The molecule has 0 bridgehead atoms. The summed E-state index contributed by atoms with van der Waals surface area (Å²) in [6.07, 6.45) is 9.03. The maximum atomic E-state index is 6.05. The van der Waals surface area contributed by atoms with Gasteiger partial charge < -0.3 is 0 Å². The van der Waals surface area contributed by atoms with Crippen molar-refractivity contribution in [3.05, 3.63) is 24.3 Å². The molecule has 0 fully saturated rings. The molecule has 0 spiro atoms. The molecular formula is C15H30O3PtSi. The van der Waals surface area contributed by atoms with Crippen LogP contribution < -0.4 is 0 Å². The Hall–Kier alpha value is 0.265. The molecule has 3 nitrogen and oxygen atoms in total. The third kappa shape index (κ3) is 4.14. The van der Waals surface area contributed by atoms with Crippen LogP contribution in [0.4, 0.5) is 0 Å². The molecule has 0 unspecified atom stereocenters. The Morgan fingerprint density at radius 1 is 0.850 bits per heavy atom. The van der Waals surface area contributed by atoms with Gasteiger partial charge in [-0.3, -0.25) is 0 Å². The summed E-state index contributed by atoms with van der Waals surface area (Å²) in [7, 11) is -2.60. The Morgan fingerprint density at radius 2 is 1.25 bits per heavy atom. The summed E-state index contributed by atoms with van der Waals surface area (Å²) in [4.78, 5) is 0. The third-order valence-electron chi connectivity index (χ3n) is 3.29. The number of hydrogen-bond donors (Lipinski definition) is 0. The van der Waals surface area contributed by atoms with Crippen LogP contribution in [0.1, 0.15) is 20.8 Å². The molecule has 0 amide bonds. The summed E-state index contributed by atoms with van der Waals surface area (Å²) >= 11 is -1.91. The zero-order valence-corrected chi connectivity index (χ0v) is 17.0. The second-order valence-electron chi connectivity index (χ2n) is 5.17. The van der Waals surface area contributed by atoms with Gasteiger partial charge in [0.1, 0.15) is 0 Å². The van der Waals surface area contributed by atoms with Crippen LogP contribution in [-0.2, 0) is 29.3 Å². The van der Waals surface area contributed by atoms with Crippen LogP contribution in [0.15, 0.2) is 24.3 Å². The van der Waals surface area contributed by atoms with Crippen molar-refractivity contribution in [2.45, 2.75) is 46.6 Å². The first-order valence-corrected chi connectivity index (χ1v) is 16.9. The fourth-order valence-electron chi connectivity index (χ4n) is 2.33. The van der Waals surface area contributed by atoms with Crippen molar-refractivity contribution in [1.82, 2.24) is 0 Å². The Balaban J connectivity index is 3.08. The van der Waals surface area contributed by atoms with E-state index < -0.39 is 24.9 Å². The van der Waals surface area contributed by atoms with Crippen molar-refractivity contribution in [1.29, 1.82) is 0 Å². The van der Waals surface area contributed by atoms with Crippen molar-refractivity contribution < 1.29 is 29.3 Å². The fourth-order valence-corrected chi connectivity index (χ4v) is 13.2. The first kappa shape index (κ1) is 18.3. The molecule has 20 heavy (non-hydrogen) atoms. The van der Waals surface area contributed by atoms with Crippen LogP contribution in [0.3, 0.4) is 0 Å². The van der Waals surface area contributed by atoms with Gasteiger partial charge in [-0.25, -0.2) is 0 Å². The van der Waals surface area contributed by atoms with Crippen LogP contribution >= 0.6 is 0 Å². The van der Waals surface area contributed by atoms with Crippen LogP contribution in [-0.4, -0.2) is 28.6 Å². The molecule has 1 rings (SSSR count). The maximum absolute atomic E-state index is 6.05. The second kappa shape index (κ2) is 7.50. The van der Waals surface area contributed by atoms with Gasteiger partial charge in [-0.2, -0.15) is 0 Å². The van der Waals surface area contributed by atoms with E-state index >= 15 is 0 Å². The van der Waals surface area contributed by atoms with E-state index in [1.165, 1.54) is 0 Å². The Labute approximate surface area is 129 Å². The van der Waals surface area contributed by atoms with Crippen LogP contribution in [0.2, 0.25) is 25.8 Å². The van der Waals surface area contributed by atoms with E-state index in [-0.39, 0.29) is 3.80 Å². The predicted molar refractivity (Wildman–Crippen MR) is 84.0 cm³/mol. The van der Waals surface area contributed by atoms with Crippen LogP contribution in [0.25, 0.3) is 0 Å². The summed E-state index contributed by atoms with van der Waals surface area (Å²) in [6.45, 7) is 7.99. The van der Waals surface area contributed by atoms with E-state index in [0.717, 1.165) is 6.04 Å². The normalized spacial score (nSPS) is 18.7. The standard InChI is InChI=1S/C12H21O3Si.3CH3.Pt/c1-4-13-16(14-5-2,15-6-3)11-12-9-7-8-10-12;;;;/h7-10H,4-6,11H2,1-3H3;3*1H3;. The van der Waals surface area contributed by atoms with Crippen LogP contribution in [0.5, 0.6) is 0 Å². The summed E-state index contributed by atoms with van der Waals surface area (Å²) in [6, 6.07) is 0.878. The fraction of sp³-hybridized carbons (Fsp3) is 0.733. The molecule has 0 radical (unpaired) electrons. The van der Waals surface area contributed by atoms with Crippen molar-refractivity contribution in [2.24, 2.45) is 0 Å². The van der Waals surface area contributed by atoms with Gasteiger partial charge in [0.2, 0.25) is 0 Å². The molecule has 0 saturated carbocycles. The minimum atomic E-state index is -2.60. The monoisotopic (exact) mass is 481 g/mol. The number of allylic oxidation sites excluding steroid dienone is 4. The molecule has 0 N–H and O–H groups in total. The SMILES string of the molecule is CCO[Si](C[C]1([Pt]([CH3])([CH3])[CH3])C=CC=C1)(OCC)OCC. The summed E-state index contributed by atoms with van der Waals surface area (Å²) in [5.41, 5.74) is 0. The summed E-state index contributed by atoms with van der Waals surface area (Å²) in [5, 5.41) is 7.32. The molecule has 122 valence electrons. The van der Waals surface area contributed by atoms with E-state index in [1.807, 2.05) is 20.8 Å². The molecule has 0 aromatic rings. The van der Waals surface area contributed by atoms with Crippen molar-refractivity contribution in [3.63, 3.8) is 0 Å². The summed E-state index contributed by atoms with van der Waals surface area (Å²) in [5.74, 6) is 0. The van der Waals surface area contributed by atoms with E-state index in [9.17, 15) is 0 Å². The van der Waals surface area contributed by atoms with Gasteiger partial charge in [0, 0.05) is 0 Å². The van der Waals surface area contributed by atoms with E-state index in [0.29, 0.717) is 19.8 Å². The first-order valence-electron chi connectivity index (χ1n) is 6.99. The van der Waals surface area contributed by atoms with Gasteiger partial charge in [0.25, 0.3) is 0 Å². The molecule has 0 aromatic carbocycles. The van der Waals surface area contributed by atoms with E-state index in [4.69, 9.17) is 13.3 Å². The van der Waals surface area contributed by atoms with Gasteiger partial charge in [-0.05, 0) is 0 Å². The minimum absolute atomic E-state index is 0.124. The van der Waals surface area contributed by atoms with Gasteiger partial charge in [-0.15, -0.1) is 0 Å². The molecule has 1 aliphatic rings. The number of hydrogen-bond acceptors (Lipinski definition) is 3. The quantitative estimate of drug-likeness (QED) is 0.450. The topological polar surface area (TPSA) is 27.7 Å². The second-order valence-corrected chi connectivity index (χ2v) is 20.1. The molecule has 0 heterocycles. The average molecular weight is 482 g/mol. The van der Waals surface area contributed by atoms with Gasteiger partial charge in [0.05, 0.1) is 0 Å². The van der Waals surface area contributed by atoms with E-state index in [2.05, 4.69) is 40.2 Å². The molecule has 0 aliphatic heterocycles. The van der Waals surface area contributed by atoms with Crippen molar-refractivity contribution >= 4 is 8.80 Å². The van der Waals surface area contributed by atoms with Gasteiger partial charge in [0.15, 0.2) is 0 Å². The molecular weight excluding hydrogens is 451 g/mol. The molecule has 0 aromatic heterocycles. The van der Waals surface area contributed by atoms with Crippen molar-refractivity contribution in [2.75, 3.05) is 19.8 Å². The summed E-state index contributed by atoms with van der Waals surface area (Å²) < 4.78 is 18.3. The Morgan fingerprint density at radius 3 is 1.55 bits per heavy atom. The zero-order valence-electron chi connectivity index (χ0n) is 13.7. The molecule has 5 heteroatoms. The van der Waals surface area contributed by atoms with Gasteiger partial charge in [-0.1, -0.05) is 0 Å². The van der Waals surface area contributed by atoms with Gasteiger partial charge >= 0.3 is 129 Å². The van der Waals surface area contributed by atoms with E-state index in [1.54, 1.807) is 0 Å². The molecule has 0 saturated heterocycles. The average Bonchev–Trinajstić information content (AvgIpc) is 2.79. The van der Waals surface area contributed by atoms with Crippen LogP contribution in [0, 0.1) is 0 Å². The zero-order chi connectivity index (χ0) is 15.3. The Bertz CT molecular complexity index is 332.